The highest BCUT2D eigenvalue weighted by Crippen LogP contribution is 2.07. The molecule has 2 rings (SSSR count). The van der Waals surface area contributed by atoms with E-state index in [0.717, 1.165) is 5.56 Å². The summed E-state index contributed by atoms with van der Waals surface area (Å²) in [6.45, 7) is -0.317. The number of nitrogens with one attached hydrogen (secondary N) is 2. The lowest BCUT2D eigenvalue weighted by atomic mass is 10.1. The van der Waals surface area contributed by atoms with Crippen molar-refractivity contribution in [3.8, 4) is 0 Å². The first kappa shape index (κ1) is 20.9. The van der Waals surface area contributed by atoms with Gasteiger partial charge in [0.15, 0.2) is 0 Å². The molecular formula is C20H21FN2O5. The third-order valence-electron chi connectivity index (χ3n) is 3.76. The molecule has 8 heteroatoms. The molecule has 0 saturated carbocycles. The summed E-state index contributed by atoms with van der Waals surface area (Å²) in [6.07, 6.45) is -0.715. The number of rotatable bonds is 8. The molecule has 1 atom stereocenters. The van der Waals surface area contributed by atoms with Crippen molar-refractivity contribution in [1.29, 1.82) is 0 Å². The van der Waals surface area contributed by atoms with Crippen molar-refractivity contribution in [1.82, 2.24) is 10.6 Å². The van der Waals surface area contributed by atoms with Gasteiger partial charge in [0.05, 0.1) is 7.11 Å². The second kappa shape index (κ2) is 10.7. The second-order valence-corrected chi connectivity index (χ2v) is 5.89. The van der Waals surface area contributed by atoms with Gasteiger partial charge in [-0.15, -0.1) is 0 Å². The smallest absolute Gasteiger partial charge is 0.407 e. The number of esters is 1. The summed E-state index contributed by atoms with van der Waals surface area (Å²) in [5.74, 6) is -1.73. The Balaban J connectivity index is 1.82. The minimum atomic E-state index is -1.01. The average molecular weight is 388 g/mol. The van der Waals surface area contributed by atoms with Crippen molar-refractivity contribution in [3.63, 3.8) is 0 Å². The summed E-state index contributed by atoms with van der Waals surface area (Å²) < 4.78 is 23.0. The second-order valence-electron chi connectivity index (χ2n) is 5.89. The zero-order valence-corrected chi connectivity index (χ0v) is 15.3. The van der Waals surface area contributed by atoms with Gasteiger partial charge in [-0.05, 0) is 23.3 Å². The van der Waals surface area contributed by atoms with E-state index in [-0.39, 0.29) is 19.6 Å². The van der Waals surface area contributed by atoms with Crippen LogP contribution in [-0.2, 0) is 32.1 Å². The standard InChI is InChI=1S/C20H21FN2O5/c1-27-19(25)17(11-15-8-5-9-16(21)10-15)23-18(24)12-22-20(26)28-13-14-6-3-2-4-7-14/h2-10,17H,11-13H2,1H3,(H,22,26)(H,23,24)/t17-/m1/s1. The number of halogens is 1. The molecule has 0 aliphatic carbocycles. The summed E-state index contributed by atoms with van der Waals surface area (Å²) in [7, 11) is 1.19. The van der Waals surface area contributed by atoms with Crippen molar-refractivity contribution in [2.24, 2.45) is 0 Å². The number of ether oxygens (including phenoxy) is 2. The maximum Gasteiger partial charge on any atom is 0.407 e. The number of carbonyl (C=O) groups excluding carboxylic acids is 3. The van der Waals surface area contributed by atoms with Crippen LogP contribution in [0.5, 0.6) is 0 Å². The molecule has 0 radical (unpaired) electrons. The maximum absolute atomic E-state index is 13.3. The van der Waals surface area contributed by atoms with Crippen LogP contribution in [0.3, 0.4) is 0 Å². The van der Waals surface area contributed by atoms with E-state index in [2.05, 4.69) is 15.4 Å². The van der Waals surface area contributed by atoms with E-state index in [9.17, 15) is 18.8 Å². The molecule has 2 amide bonds. The molecule has 28 heavy (non-hydrogen) atoms. The first-order chi connectivity index (χ1) is 13.5. The SMILES string of the molecule is COC(=O)[C@@H](Cc1cccc(F)c1)NC(=O)CNC(=O)OCc1ccccc1. The first-order valence-corrected chi connectivity index (χ1v) is 8.54. The van der Waals surface area contributed by atoms with Crippen molar-refractivity contribution >= 4 is 18.0 Å². The van der Waals surface area contributed by atoms with Gasteiger partial charge in [0, 0.05) is 6.42 Å². The lowest BCUT2D eigenvalue weighted by Crippen LogP contribution is -2.47. The predicted octanol–water partition coefficient (Wildman–Crippen LogP) is 1.95. The van der Waals surface area contributed by atoms with Crippen LogP contribution in [-0.4, -0.2) is 37.7 Å². The van der Waals surface area contributed by atoms with Crippen LogP contribution in [0.1, 0.15) is 11.1 Å². The Labute approximate surface area is 161 Å². The largest absolute Gasteiger partial charge is 0.467 e. The molecule has 148 valence electrons. The van der Waals surface area contributed by atoms with Gasteiger partial charge in [0.2, 0.25) is 5.91 Å². The highest BCUT2D eigenvalue weighted by atomic mass is 19.1. The van der Waals surface area contributed by atoms with E-state index in [1.807, 2.05) is 18.2 Å². The molecule has 0 heterocycles. The minimum absolute atomic E-state index is 0.0502. The van der Waals surface area contributed by atoms with Crippen molar-refractivity contribution in [2.75, 3.05) is 13.7 Å². The van der Waals surface area contributed by atoms with Gasteiger partial charge in [-0.3, -0.25) is 4.79 Å². The summed E-state index contributed by atoms with van der Waals surface area (Å²) in [5, 5.41) is 4.76. The number of hydrogen-bond donors (Lipinski definition) is 2. The molecule has 0 unspecified atom stereocenters. The van der Waals surface area contributed by atoms with Gasteiger partial charge in [-0.25, -0.2) is 14.0 Å². The maximum atomic E-state index is 13.3. The first-order valence-electron chi connectivity index (χ1n) is 8.54. The third kappa shape index (κ3) is 7.06. The van der Waals surface area contributed by atoms with Crippen LogP contribution in [0.25, 0.3) is 0 Å². The van der Waals surface area contributed by atoms with Gasteiger partial charge in [-0.1, -0.05) is 42.5 Å². The Kier molecular flexibility index (Phi) is 7.95. The number of amides is 2. The molecule has 0 fully saturated rings. The van der Waals surface area contributed by atoms with E-state index < -0.39 is 29.8 Å². The van der Waals surface area contributed by atoms with E-state index in [1.54, 1.807) is 18.2 Å². The molecule has 7 nitrogen and oxygen atoms in total. The minimum Gasteiger partial charge on any atom is -0.467 e. The zero-order chi connectivity index (χ0) is 20.4. The monoisotopic (exact) mass is 388 g/mol. The molecule has 0 saturated heterocycles. The third-order valence-corrected chi connectivity index (χ3v) is 3.76. The molecular weight excluding hydrogens is 367 g/mol. The quantitative estimate of drug-likeness (QED) is 0.675. The molecule has 2 N–H and O–H groups in total. The number of hydrogen-bond acceptors (Lipinski definition) is 5. The fraction of sp³-hybridized carbons (Fsp3) is 0.250. The number of carbonyl (C=O) groups is 3. The Morgan fingerprint density at radius 1 is 1.04 bits per heavy atom. The van der Waals surface area contributed by atoms with E-state index in [0.29, 0.717) is 5.56 Å². The summed E-state index contributed by atoms with van der Waals surface area (Å²) in [6, 6.07) is 13.7. The van der Waals surface area contributed by atoms with Crippen LogP contribution in [0.2, 0.25) is 0 Å². The van der Waals surface area contributed by atoms with Crippen molar-refractivity contribution in [3.05, 3.63) is 71.5 Å². The molecule has 0 aromatic heterocycles. The molecule has 0 aliphatic heterocycles. The number of alkyl carbamates (subject to hydrolysis) is 1. The van der Waals surface area contributed by atoms with Gasteiger partial charge in [0.25, 0.3) is 0 Å². The molecule has 2 aromatic rings. The topological polar surface area (TPSA) is 93.7 Å². The fourth-order valence-electron chi connectivity index (χ4n) is 2.41. The fourth-order valence-corrected chi connectivity index (χ4v) is 2.41. The Bertz CT molecular complexity index is 813. The van der Waals surface area contributed by atoms with E-state index >= 15 is 0 Å². The van der Waals surface area contributed by atoms with Gasteiger partial charge in [-0.2, -0.15) is 0 Å². The van der Waals surface area contributed by atoms with Crippen LogP contribution in [0.15, 0.2) is 54.6 Å². The average Bonchev–Trinajstić information content (AvgIpc) is 2.70. The molecule has 0 aliphatic rings. The van der Waals surface area contributed by atoms with Crippen LogP contribution >= 0.6 is 0 Å². The lowest BCUT2D eigenvalue weighted by Gasteiger charge is -2.17. The van der Waals surface area contributed by atoms with Gasteiger partial charge < -0.3 is 20.1 Å². The van der Waals surface area contributed by atoms with Gasteiger partial charge in [0.1, 0.15) is 25.0 Å². The summed E-state index contributed by atoms with van der Waals surface area (Å²) >= 11 is 0. The van der Waals surface area contributed by atoms with Crippen LogP contribution in [0, 0.1) is 5.82 Å². The molecule has 0 spiro atoms. The normalized spacial score (nSPS) is 11.2. The Morgan fingerprint density at radius 3 is 2.43 bits per heavy atom. The number of methoxy groups -OCH3 is 1. The zero-order valence-electron chi connectivity index (χ0n) is 15.3. The predicted molar refractivity (Wildman–Crippen MR) is 98.7 cm³/mol. The van der Waals surface area contributed by atoms with Crippen LogP contribution < -0.4 is 10.6 Å². The van der Waals surface area contributed by atoms with Crippen molar-refractivity contribution < 1.29 is 28.2 Å². The molecule has 0 bridgehead atoms. The highest BCUT2D eigenvalue weighted by Gasteiger charge is 2.22. The van der Waals surface area contributed by atoms with E-state index in [1.165, 1.54) is 25.3 Å². The number of benzene rings is 2. The summed E-state index contributed by atoms with van der Waals surface area (Å²) in [5.41, 5.74) is 1.33. The van der Waals surface area contributed by atoms with Crippen molar-refractivity contribution in [2.45, 2.75) is 19.1 Å². The Hall–Kier alpha value is -3.42. The molecule has 2 aromatic carbocycles. The Morgan fingerprint density at radius 2 is 1.75 bits per heavy atom. The van der Waals surface area contributed by atoms with Crippen LogP contribution in [0.4, 0.5) is 9.18 Å². The van der Waals surface area contributed by atoms with Gasteiger partial charge >= 0.3 is 12.1 Å². The lowest BCUT2D eigenvalue weighted by molar-refractivity contribution is -0.144. The highest BCUT2D eigenvalue weighted by molar-refractivity contribution is 5.87. The van der Waals surface area contributed by atoms with E-state index in [4.69, 9.17) is 4.74 Å². The summed E-state index contributed by atoms with van der Waals surface area (Å²) in [4.78, 5) is 35.6.